The SMILES string of the molecule is COCc1cc(CNC(=O)CN2CCN(c3ncccn3)CC2)[nH]n1. The number of anilines is 1. The summed E-state index contributed by atoms with van der Waals surface area (Å²) in [5, 5.41) is 9.92. The zero-order valence-corrected chi connectivity index (χ0v) is 14.3. The zero-order chi connectivity index (χ0) is 17.5. The Bertz CT molecular complexity index is 668. The van der Waals surface area contributed by atoms with Crippen molar-refractivity contribution in [2.45, 2.75) is 13.2 Å². The molecule has 1 amide bonds. The van der Waals surface area contributed by atoms with Crippen molar-refractivity contribution in [3.8, 4) is 0 Å². The number of methoxy groups -OCH3 is 1. The van der Waals surface area contributed by atoms with Crippen LogP contribution in [0.15, 0.2) is 24.5 Å². The van der Waals surface area contributed by atoms with Crippen molar-refractivity contribution in [2.24, 2.45) is 0 Å². The van der Waals surface area contributed by atoms with E-state index in [-0.39, 0.29) is 5.91 Å². The van der Waals surface area contributed by atoms with Crippen LogP contribution in [0.1, 0.15) is 11.4 Å². The number of aromatic amines is 1. The number of ether oxygens (including phenoxy) is 1. The Kier molecular flexibility index (Phi) is 5.91. The molecule has 1 aliphatic heterocycles. The van der Waals surface area contributed by atoms with E-state index in [1.807, 2.05) is 12.1 Å². The molecule has 0 aliphatic carbocycles. The normalized spacial score (nSPS) is 15.3. The monoisotopic (exact) mass is 345 g/mol. The van der Waals surface area contributed by atoms with Crippen LogP contribution in [0.5, 0.6) is 0 Å². The molecule has 9 nitrogen and oxygen atoms in total. The molecule has 3 rings (SSSR count). The number of H-pyrrole nitrogens is 1. The fourth-order valence-electron chi connectivity index (χ4n) is 2.73. The summed E-state index contributed by atoms with van der Waals surface area (Å²) < 4.78 is 5.02. The molecular weight excluding hydrogens is 322 g/mol. The summed E-state index contributed by atoms with van der Waals surface area (Å²) in [6.45, 7) is 4.55. The average molecular weight is 345 g/mol. The summed E-state index contributed by atoms with van der Waals surface area (Å²) in [4.78, 5) is 24.9. The van der Waals surface area contributed by atoms with E-state index in [2.05, 4.69) is 35.3 Å². The van der Waals surface area contributed by atoms with Crippen molar-refractivity contribution >= 4 is 11.9 Å². The predicted octanol–water partition coefficient (Wildman–Crippen LogP) is -0.215. The van der Waals surface area contributed by atoms with E-state index in [9.17, 15) is 4.79 Å². The number of hydrogen-bond acceptors (Lipinski definition) is 7. The second-order valence-electron chi connectivity index (χ2n) is 5.91. The first-order valence-electron chi connectivity index (χ1n) is 8.27. The van der Waals surface area contributed by atoms with E-state index in [1.165, 1.54) is 0 Å². The Labute approximate surface area is 146 Å². The Morgan fingerprint density at radius 1 is 1.28 bits per heavy atom. The van der Waals surface area contributed by atoms with Crippen LogP contribution < -0.4 is 10.2 Å². The molecule has 1 fully saturated rings. The van der Waals surface area contributed by atoms with Gasteiger partial charge in [0.25, 0.3) is 0 Å². The van der Waals surface area contributed by atoms with Crippen LogP contribution >= 0.6 is 0 Å². The van der Waals surface area contributed by atoms with Gasteiger partial charge in [-0.2, -0.15) is 5.10 Å². The van der Waals surface area contributed by atoms with E-state index in [0.717, 1.165) is 43.5 Å². The van der Waals surface area contributed by atoms with Gasteiger partial charge in [0.2, 0.25) is 11.9 Å². The molecule has 0 saturated carbocycles. The van der Waals surface area contributed by atoms with Crippen LogP contribution in [0.2, 0.25) is 0 Å². The van der Waals surface area contributed by atoms with Gasteiger partial charge < -0.3 is 15.0 Å². The highest BCUT2D eigenvalue weighted by atomic mass is 16.5. The summed E-state index contributed by atoms with van der Waals surface area (Å²) >= 11 is 0. The molecule has 134 valence electrons. The van der Waals surface area contributed by atoms with E-state index >= 15 is 0 Å². The topological polar surface area (TPSA) is 99.3 Å². The highest BCUT2D eigenvalue weighted by molar-refractivity contribution is 5.78. The first-order chi connectivity index (χ1) is 12.2. The number of nitrogens with one attached hydrogen (secondary N) is 2. The summed E-state index contributed by atoms with van der Waals surface area (Å²) in [5.41, 5.74) is 1.69. The lowest BCUT2D eigenvalue weighted by atomic mass is 10.3. The Morgan fingerprint density at radius 2 is 2.04 bits per heavy atom. The fraction of sp³-hybridized carbons (Fsp3) is 0.500. The molecule has 2 N–H and O–H groups in total. The van der Waals surface area contributed by atoms with Crippen molar-refractivity contribution in [1.29, 1.82) is 0 Å². The van der Waals surface area contributed by atoms with Crippen molar-refractivity contribution in [3.63, 3.8) is 0 Å². The molecular formula is C16H23N7O2. The molecule has 25 heavy (non-hydrogen) atoms. The highest BCUT2D eigenvalue weighted by Gasteiger charge is 2.20. The molecule has 3 heterocycles. The first-order valence-corrected chi connectivity index (χ1v) is 8.27. The quantitative estimate of drug-likeness (QED) is 0.716. The van der Waals surface area contributed by atoms with Gasteiger partial charge in [-0.15, -0.1) is 0 Å². The maximum atomic E-state index is 12.1. The molecule has 1 aliphatic rings. The van der Waals surface area contributed by atoms with E-state index in [4.69, 9.17) is 4.74 Å². The van der Waals surface area contributed by atoms with Gasteiger partial charge in [-0.05, 0) is 12.1 Å². The van der Waals surface area contributed by atoms with Crippen molar-refractivity contribution < 1.29 is 9.53 Å². The Morgan fingerprint density at radius 3 is 2.76 bits per heavy atom. The van der Waals surface area contributed by atoms with Gasteiger partial charge in [-0.1, -0.05) is 0 Å². The van der Waals surface area contributed by atoms with Crippen LogP contribution in [0.3, 0.4) is 0 Å². The van der Waals surface area contributed by atoms with Gasteiger partial charge in [0.05, 0.1) is 31.1 Å². The van der Waals surface area contributed by atoms with Gasteiger partial charge in [0, 0.05) is 45.7 Å². The molecule has 0 unspecified atom stereocenters. The number of hydrogen-bond donors (Lipinski definition) is 2. The van der Waals surface area contributed by atoms with Gasteiger partial charge in [0.15, 0.2) is 0 Å². The molecule has 0 aromatic carbocycles. The van der Waals surface area contributed by atoms with E-state index in [0.29, 0.717) is 19.7 Å². The third-order valence-electron chi connectivity index (χ3n) is 4.03. The van der Waals surface area contributed by atoms with Crippen LogP contribution in [0.4, 0.5) is 5.95 Å². The highest BCUT2D eigenvalue weighted by Crippen LogP contribution is 2.09. The molecule has 1 saturated heterocycles. The van der Waals surface area contributed by atoms with Crippen molar-refractivity contribution in [1.82, 2.24) is 30.4 Å². The molecule has 0 bridgehead atoms. The Balaban J connectivity index is 1.39. The second kappa shape index (κ2) is 8.54. The van der Waals surface area contributed by atoms with Gasteiger partial charge in [-0.3, -0.25) is 14.8 Å². The molecule has 2 aromatic heterocycles. The van der Waals surface area contributed by atoms with Gasteiger partial charge >= 0.3 is 0 Å². The maximum Gasteiger partial charge on any atom is 0.234 e. The third-order valence-corrected chi connectivity index (χ3v) is 4.03. The van der Waals surface area contributed by atoms with Gasteiger partial charge in [-0.25, -0.2) is 9.97 Å². The number of piperazine rings is 1. The smallest absolute Gasteiger partial charge is 0.234 e. The summed E-state index contributed by atoms with van der Waals surface area (Å²) in [7, 11) is 1.62. The lowest BCUT2D eigenvalue weighted by Crippen LogP contribution is -2.49. The standard InChI is InChI=1S/C16H23N7O2/c1-25-12-14-9-13(20-21-14)10-19-15(24)11-22-5-7-23(8-6-22)16-17-3-2-4-18-16/h2-4,9H,5-8,10-12H2,1H3,(H,19,24)(H,20,21). The summed E-state index contributed by atoms with van der Waals surface area (Å²) in [5.74, 6) is 0.755. The molecule has 9 heteroatoms. The minimum absolute atomic E-state index is 0.00676. The van der Waals surface area contributed by atoms with Crippen molar-refractivity contribution in [2.75, 3.05) is 44.7 Å². The summed E-state index contributed by atoms with van der Waals surface area (Å²) in [6, 6.07) is 3.70. The maximum absolute atomic E-state index is 12.1. The number of carbonyl (C=O) groups excluding carboxylic acids is 1. The number of rotatable bonds is 7. The molecule has 2 aromatic rings. The largest absolute Gasteiger partial charge is 0.378 e. The summed E-state index contributed by atoms with van der Waals surface area (Å²) in [6.07, 6.45) is 3.49. The van der Waals surface area contributed by atoms with E-state index in [1.54, 1.807) is 19.5 Å². The zero-order valence-electron chi connectivity index (χ0n) is 14.3. The third kappa shape index (κ3) is 4.97. The Hall–Kier alpha value is -2.52. The first kappa shape index (κ1) is 17.3. The number of nitrogens with zero attached hydrogens (tertiary/aromatic N) is 5. The van der Waals surface area contributed by atoms with Crippen LogP contribution in [-0.2, 0) is 22.7 Å². The van der Waals surface area contributed by atoms with Crippen LogP contribution in [0, 0.1) is 0 Å². The number of aromatic nitrogens is 4. The van der Waals surface area contributed by atoms with Gasteiger partial charge in [0.1, 0.15) is 0 Å². The predicted molar refractivity (Wildman–Crippen MR) is 91.8 cm³/mol. The molecule has 0 radical (unpaired) electrons. The molecule has 0 spiro atoms. The van der Waals surface area contributed by atoms with Crippen molar-refractivity contribution in [3.05, 3.63) is 35.9 Å². The number of carbonyl (C=O) groups is 1. The lowest BCUT2D eigenvalue weighted by molar-refractivity contribution is -0.122. The van der Waals surface area contributed by atoms with Crippen LogP contribution in [-0.4, -0.2) is 70.8 Å². The second-order valence-corrected chi connectivity index (χ2v) is 5.91. The fourth-order valence-corrected chi connectivity index (χ4v) is 2.73. The molecule has 0 atom stereocenters. The van der Waals surface area contributed by atoms with Crippen LogP contribution in [0.25, 0.3) is 0 Å². The minimum Gasteiger partial charge on any atom is -0.378 e. The van der Waals surface area contributed by atoms with E-state index < -0.39 is 0 Å². The average Bonchev–Trinajstić information content (AvgIpc) is 3.09. The number of amides is 1. The minimum atomic E-state index is 0.00676. The lowest BCUT2D eigenvalue weighted by Gasteiger charge is -2.34.